The Morgan fingerprint density at radius 3 is 2.31 bits per heavy atom. The van der Waals surface area contributed by atoms with Crippen LogP contribution in [0.1, 0.15) is 91.4 Å². The highest BCUT2D eigenvalue weighted by Gasteiger charge is 2.69. The van der Waals surface area contributed by atoms with E-state index in [0.29, 0.717) is 12.8 Å². The smallest absolute Gasteiger partial charge is 0.410 e. The van der Waals surface area contributed by atoms with Gasteiger partial charge in [-0.25, -0.2) is 4.79 Å². The number of rotatable bonds is 3. The largest absolute Gasteiger partial charge is 0.481 e. The van der Waals surface area contributed by atoms with E-state index in [1.54, 1.807) is 0 Å². The number of amides is 1. The van der Waals surface area contributed by atoms with Crippen molar-refractivity contribution in [1.82, 2.24) is 4.90 Å². The van der Waals surface area contributed by atoms with E-state index >= 15 is 0 Å². The quantitative estimate of drug-likeness (QED) is 0.549. The van der Waals surface area contributed by atoms with E-state index in [1.165, 1.54) is 6.92 Å². The molecule has 0 aromatic heterocycles. The summed E-state index contributed by atoms with van der Waals surface area (Å²) < 4.78 is 12.0. The fourth-order valence-electron chi connectivity index (χ4n) is 9.50. The number of carbonyl (C=O) groups is 3. The minimum Gasteiger partial charge on any atom is -0.481 e. The number of hydrogen-bond acceptors (Lipinski definition) is 6. The molecule has 36 heavy (non-hydrogen) atoms. The average Bonchev–Trinajstić information content (AvgIpc) is 3.11. The Bertz CT molecular complexity index is 904. The number of aliphatic carboxylic acids is 1. The molecule has 3 N–H and O–H groups in total. The summed E-state index contributed by atoms with van der Waals surface area (Å²) in [5.74, 6) is -0.707. The van der Waals surface area contributed by atoms with Gasteiger partial charge in [0.2, 0.25) is 0 Å². The second kappa shape index (κ2) is 9.17. The van der Waals surface area contributed by atoms with Crippen LogP contribution in [0.15, 0.2) is 0 Å². The standard InChI is InChI=1S/C28H44N2O6/c1-17(31)35-19-15-18-7-8-21-20(9-11-26(2)22(24(32)33)10-12-28(21,26)29)27(18,3)23(16-19)36-25(34)30-13-5-4-6-14-30/h18-23H,4-16,29H2,1-3H3,(H,32,33)/t18?,19?,20-,21-,22?,23?,26-,27+,28-/m1/s1. The molecule has 0 aromatic carbocycles. The average molecular weight is 505 g/mol. The van der Waals surface area contributed by atoms with Crippen LogP contribution in [0.3, 0.4) is 0 Å². The van der Waals surface area contributed by atoms with Crippen LogP contribution in [0.4, 0.5) is 4.79 Å². The fraction of sp³-hybridized carbons (Fsp3) is 0.893. The van der Waals surface area contributed by atoms with Gasteiger partial charge in [-0.1, -0.05) is 13.8 Å². The van der Waals surface area contributed by atoms with Crippen LogP contribution in [0.2, 0.25) is 0 Å². The Hall–Kier alpha value is -1.83. The predicted octanol–water partition coefficient (Wildman–Crippen LogP) is 4.34. The molecule has 0 radical (unpaired) electrons. The summed E-state index contributed by atoms with van der Waals surface area (Å²) in [6.45, 7) is 7.29. The molecule has 5 aliphatic rings. The van der Waals surface area contributed by atoms with Crippen LogP contribution >= 0.6 is 0 Å². The Morgan fingerprint density at radius 1 is 0.917 bits per heavy atom. The number of piperidine rings is 1. The van der Waals surface area contributed by atoms with E-state index < -0.39 is 22.8 Å². The molecule has 4 saturated carbocycles. The zero-order valence-corrected chi connectivity index (χ0v) is 22.2. The molecule has 0 aromatic rings. The van der Waals surface area contributed by atoms with Crippen LogP contribution in [0, 0.1) is 34.5 Å². The van der Waals surface area contributed by atoms with Crippen LogP contribution in [-0.4, -0.2) is 58.9 Å². The third kappa shape index (κ3) is 3.84. The van der Waals surface area contributed by atoms with Crippen molar-refractivity contribution in [2.75, 3.05) is 13.1 Å². The van der Waals surface area contributed by atoms with Gasteiger partial charge in [-0.15, -0.1) is 0 Å². The van der Waals surface area contributed by atoms with Gasteiger partial charge in [0, 0.05) is 37.4 Å². The maximum atomic E-state index is 13.3. The molecule has 9 atom stereocenters. The molecule has 0 spiro atoms. The molecular formula is C28H44N2O6. The maximum absolute atomic E-state index is 13.3. The number of carbonyl (C=O) groups excluding carboxylic acids is 2. The molecule has 1 amide bonds. The first-order valence-electron chi connectivity index (χ1n) is 14.1. The highest BCUT2D eigenvalue weighted by atomic mass is 16.6. The summed E-state index contributed by atoms with van der Waals surface area (Å²) in [5, 5.41) is 9.97. The van der Waals surface area contributed by atoms with Crippen molar-refractivity contribution in [2.45, 2.75) is 109 Å². The first kappa shape index (κ1) is 25.8. The minimum atomic E-state index is -0.724. The summed E-state index contributed by atoms with van der Waals surface area (Å²) in [6.07, 6.45) is 8.50. The molecule has 202 valence electrons. The normalized spacial score (nSPS) is 46.2. The number of esters is 1. The highest BCUT2D eigenvalue weighted by molar-refractivity contribution is 5.72. The molecule has 1 heterocycles. The van der Waals surface area contributed by atoms with Gasteiger partial charge in [-0.2, -0.15) is 0 Å². The lowest BCUT2D eigenvalue weighted by Gasteiger charge is -2.65. The predicted molar refractivity (Wildman–Crippen MR) is 133 cm³/mol. The van der Waals surface area contributed by atoms with Crippen molar-refractivity contribution >= 4 is 18.0 Å². The molecule has 5 fully saturated rings. The lowest BCUT2D eigenvalue weighted by molar-refractivity contribution is -0.197. The molecule has 1 saturated heterocycles. The van der Waals surface area contributed by atoms with Crippen molar-refractivity contribution in [2.24, 2.45) is 40.2 Å². The van der Waals surface area contributed by atoms with Crippen LogP contribution in [0.25, 0.3) is 0 Å². The molecule has 4 unspecified atom stereocenters. The van der Waals surface area contributed by atoms with Gasteiger partial charge in [0.05, 0.1) is 5.92 Å². The van der Waals surface area contributed by atoms with E-state index in [0.717, 1.165) is 70.9 Å². The van der Waals surface area contributed by atoms with Crippen LogP contribution < -0.4 is 5.73 Å². The van der Waals surface area contributed by atoms with E-state index in [1.807, 2.05) is 4.90 Å². The van der Waals surface area contributed by atoms with E-state index in [2.05, 4.69) is 13.8 Å². The number of carboxylic acid groups (broad SMARTS) is 1. The number of nitrogens with two attached hydrogens (primary N) is 1. The topological polar surface area (TPSA) is 119 Å². The van der Waals surface area contributed by atoms with Gasteiger partial charge >= 0.3 is 18.0 Å². The van der Waals surface area contributed by atoms with E-state index in [-0.39, 0.29) is 47.4 Å². The Balaban J connectivity index is 1.45. The summed E-state index contributed by atoms with van der Waals surface area (Å²) in [7, 11) is 0. The van der Waals surface area contributed by atoms with Gasteiger partial charge in [-0.05, 0) is 87.4 Å². The van der Waals surface area contributed by atoms with Crippen molar-refractivity contribution in [1.29, 1.82) is 0 Å². The SMILES string of the molecule is CC(=O)OC1CC2CC[C@@H]3[C@@H](CC[C@]4(C)C(C(=O)O)CC[C@@]34N)[C@@]2(C)C(OC(=O)N2CCCCC2)C1. The number of likely N-dealkylation sites (tertiary alicyclic amines) is 1. The minimum absolute atomic E-state index is 0.198. The van der Waals surface area contributed by atoms with Crippen molar-refractivity contribution < 1.29 is 29.0 Å². The number of hydrogen-bond donors (Lipinski definition) is 2. The van der Waals surface area contributed by atoms with Crippen LogP contribution in [-0.2, 0) is 19.1 Å². The molecule has 5 rings (SSSR count). The first-order valence-corrected chi connectivity index (χ1v) is 14.1. The van der Waals surface area contributed by atoms with Gasteiger partial charge in [-0.3, -0.25) is 9.59 Å². The van der Waals surface area contributed by atoms with Gasteiger partial charge in [0.1, 0.15) is 12.2 Å². The highest BCUT2D eigenvalue weighted by Crippen LogP contribution is 2.68. The second-order valence-corrected chi connectivity index (χ2v) is 12.9. The molecular weight excluding hydrogens is 460 g/mol. The Morgan fingerprint density at radius 2 is 1.64 bits per heavy atom. The van der Waals surface area contributed by atoms with Gasteiger partial charge < -0.3 is 25.2 Å². The molecule has 0 bridgehead atoms. The zero-order valence-electron chi connectivity index (χ0n) is 22.2. The molecule has 4 aliphatic carbocycles. The Labute approximate surface area is 214 Å². The lowest BCUT2D eigenvalue weighted by Crippen LogP contribution is -2.69. The number of carboxylic acids is 1. The van der Waals surface area contributed by atoms with Crippen LogP contribution in [0.5, 0.6) is 0 Å². The van der Waals surface area contributed by atoms with E-state index in [4.69, 9.17) is 15.2 Å². The summed E-state index contributed by atoms with van der Waals surface area (Å²) >= 11 is 0. The first-order chi connectivity index (χ1) is 17.0. The monoisotopic (exact) mass is 504 g/mol. The van der Waals surface area contributed by atoms with Crippen molar-refractivity contribution in [3.8, 4) is 0 Å². The number of nitrogens with zero attached hydrogens (tertiary/aromatic N) is 1. The molecule has 8 heteroatoms. The van der Waals surface area contributed by atoms with Gasteiger partial charge in [0.15, 0.2) is 0 Å². The zero-order chi connectivity index (χ0) is 25.9. The fourth-order valence-corrected chi connectivity index (χ4v) is 9.50. The molecule has 1 aliphatic heterocycles. The number of fused-ring (bicyclic) bond motifs is 5. The Kier molecular flexibility index (Phi) is 6.58. The van der Waals surface area contributed by atoms with Gasteiger partial charge in [0.25, 0.3) is 0 Å². The third-order valence-corrected chi connectivity index (χ3v) is 11.5. The van der Waals surface area contributed by atoms with E-state index in [9.17, 15) is 19.5 Å². The summed E-state index contributed by atoms with van der Waals surface area (Å²) in [6, 6.07) is 0. The van der Waals surface area contributed by atoms with Crippen molar-refractivity contribution in [3.05, 3.63) is 0 Å². The summed E-state index contributed by atoms with van der Waals surface area (Å²) in [4.78, 5) is 39.1. The summed E-state index contributed by atoms with van der Waals surface area (Å²) in [5.41, 5.74) is 6.05. The second-order valence-electron chi connectivity index (χ2n) is 12.9. The lowest BCUT2D eigenvalue weighted by atomic mass is 9.42. The van der Waals surface area contributed by atoms with Crippen molar-refractivity contribution in [3.63, 3.8) is 0 Å². The number of ether oxygens (including phenoxy) is 2. The third-order valence-electron chi connectivity index (χ3n) is 11.5. The maximum Gasteiger partial charge on any atom is 0.410 e. The molecule has 8 nitrogen and oxygen atoms in total.